The lowest BCUT2D eigenvalue weighted by molar-refractivity contribution is -0.151. The van der Waals surface area contributed by atoms with E-state index < -0.39 is 6.10 Å². The van der Waals surface area contributed by atoms with Gasteiger partial charge in [-0.1, -0.05) is 20.8 Å². The van der Waals surface area contributed by atoms with Crippen molar-refractivity contribution in [2.45, 2.75) is 58.6 Å². The van der Waals surface area contributed by atoms with Crippen LogP contribution < -0.4 is 5.32 Å². The fraction of sp³-hybridized carbons (Fsp3) is 0.690. The van der Waals surface area contributed by atoms with Crippen molar-refractivity contribution in [2.75, 3.05) is 40.5 Å². The van der Waals surface area contributed by atoms with Gasteiger partial charge in [-0.05, 0) is 73.1 Å². The predicted molar refractivity (Wildman–Crippen MR) is 141 cm³/mol. The van der Waals surface area contributed by atoms with E-state index in [9.17, 15) is 14.7 Å². The number of carbonyl (C=O) groups is 2. The predicted octanol–water partition coefficient (Wildman–Crippen LogP) is 3.24. The number of fused-ring (bicyclic) bond motifs is 1. The maximum Gasteiger partial charge on any atom is 0.251 e. The van der Waals surface area contributed by atoms with Gasteiger partial charge in [0, 0.05) is 44.8 Å². The number of carbonyl (C=O) groups excluding carboxylic acids is 2. The van der Waals surface area contributed by atoms with Crippen molar-refractivity contribution in [3.8, 4) is 6.07 Å². The monoisotopic (exact) mass is 513 g/mol. The summed E-state index contributed by atoms with van der Waals surface area (Å²) in [7, 11) is 3.24. The summed E-state index contributed by atoms with van der Waals surface area (Å²) in [6.45, 7) is 8.19. The highest BCUT2D eigenvalue weighted by Crippen LogP contribution is 2.55. The number of nitrogens with zero attached hydrogens (tertiary/aromatic N) is 2. The highest BCUT2D eigenvalue weighted by atomic mass is 16.5. The van der Waals surface area contributed by atoms with E-state index in [1.165, 1.54) is 0 Å². The largest absolute Gasteiger partial charge is 0.392 e. The summed E-state index contributed by atoms with van der Waals surface area (Å²) in [6.07, 6.45) is 2.89. The van der Waals surface area contributed by atoms with Crippen LogP contribution in [0.25, 0.3) is 0 Å². The van der Waals surface area contributed by atoms with Crippen LogP contribution in [0, 0.1) is 40.4 Å². The molecule has 2 fully saturated rings. The molecule has 2 aliphatic rings. The van der Waals surface area contributed by atoms with E-state index in [0.717, 1.165) is 25.7 Å². The molecule has 2 saturated carbocycles. The number of benzene rings is 1. The van der Waals surface area contributed by atoms with Crippen molar-refractivity contribution in [3.63, 3.8) is 0 Å². The summed E-state index contributed by atoms with van der Waals surface area (Å²) in [5.41, 5.74) is 1.01. The van der Waals surface area contributed by atoms with E-state index >= 15 is 0 Å². The van der Waals surface area contributed by atoms with E-state index in [1.807, 2.05) is 6.92 Å². The molecule has 0 radical (unpaired) electrons. The van der Waals surface area contributed by atoms with Gasteiger partial charge in [0.25, 0.3) is 5.91 Å². The molecule has 204 valence electrons. The van der Waals surface area contributed by atoms with Gasteiger partial charge in [0.05, 0.1) is 31.0 Å². The van der Waals surface area contributed by atoms with E-state index in [2.05, 4.69) is 25.2 Å². The molecule has 37 heavy (non-hydrogen) atoms. The Bertz CT molecular complexity index is 953. The smallest absolute Gasteiger partial charge is 0.251 e. The number of nitrogens with one attached hydrogen (secondary N) is 1. The van der Waals surface area contributed by atoms with Gasteiger partial charge in [0.2, 0.25) is 5.91 Å². The van der Waals surface area contributed by atoms with Crippen molar-refractivity contribution >= 4 is 11.8 Å². The summed E-state index contributed by atoms with van der Waals surface area (Å²) in [6, 6.07) is 8.63. The molecular formula is C29H43N3O5. The third kappa shape index (κ3) is 6.51. The summed E-state index contributed by atoms with van der Waals surface area (Å²) >= 11 is 0. The first-order valence-corrected chi connectivity index (χ1v) is 13.4. The maximum atomic E-state index is 13.5. The standard InChI is InChI=1S/C29H43N3O5/c1-19(28(35)32(14-16-36-4)15-17-37-5)23-10-12-29(3)13-11-24(20(2)25(29)26(23)33)31-27(34)22-8-6-21(18-30)7-9-22/h6-9,19-20,23-26,33H,10-17H2,1-5H3,(H,31,34)/t19-,20+,23-,24-,25+,26-,29-/m0/s1. The minimum absolute atomic E-state index is 0.0204. The molecule has 0 bridgehead atoms. The molecule has 0 aromatic heterocycles. The zero-order valence-electron chi connectivity index (χ0n) is 22.9. The second-order valence-corrected chi connectivity index (χ2v) is 11.1. The van der Waals surface area contributed by atoms with Gasteiger partial charge >= 0.3 is 0 Å². The topological polar surface area (TPSA) is 112 Å². The quantitative estimate of drug-likeness (QED) is 0.497. The van der Waals surface area contributed by atoms with Crippen LogP contribution in [0.2, 0.25) is 0 Å². The molecular weight excluding hydrogens is 470 g/mol. The van der Waals surface area contributed by atoms with Crippen molar-refractivity contribution in [3.05, 3.63) is 35.4 Å². The number of methoxy groups -OCH3 is 2. The molecule has 2 amide bonds. The first-order chi connectivity index (χ1) is 17.7. The van der Waals surface area contributed by atoms with Crippen LogP contribution in [-0.2, 0) is 14.3 Å². The molecule has 8 heteroatoms. The van der Waals surface area contributed by atoms with E-state index in [1.54, 1.807) is 43.4 Å². The molecule has 0 unspecified atom stereocenters. The van der Waals surface area contributed by atoms with Crippen molar-refractivity contribution in [1.82, 2.24) is 10.2 Å². The number of rotatable bonds is 10. The van der Waals surface area contributed by atoms with Gasteiger partial charge in [-0.3, -0.25) is 9.59 Å². The number of hydrogen-bond acceptors (Lipinski definition) is 6. The lowest BCUT2D eigenvalue weighted by Gasteiger charge is -2.56. The molecule has 0 saturated heterocycles. The Morgan fingerprint density at radius 1 is 1.16 bits per heavy atom. The molecule has 0 aliphatic heterocycles. The Hall–Kier alpha value is -2.47. The van der Waals surface area contributed by atoms with Gasteiger partial charge in [0.1, 0.15) is 0 Å². The molecule has 0 spiro atoms. The average molecular weight is 514 g/mol. The zero-order chi connectivity index (χ0) is 27.2. The fourth-order valence-electron chi connectivity index (χ4n) is 6.65. The summed E-state index contributed by atoms with van der Waals surface area (Å²) in [5, 5.41) is 23.9. The van der Waals surface area contributed by atoms with Crippen LogP contribution in [0.1, 0.15) is 62.4 Å². The number of ether oxygens (including phenoxy) is 2. The third-order valence-electron chi connectivity index (χ3n) is 8.95. The molecule has 1 aromatic rings. The third-order valence-corrected chi connectivity index (χ3v) is 8.95. The van der Waals surface area contributed by atoms with E-state index in [0.29, 0.717) is 37.4 Å². The Labute approximate surface area is 221 Å². The summed E-state index contributed by atoms with van der Waals surface area (Å²) < 4.78 is 10.4. The molecule has 2 aliphatic carbocycles. The minimum Gasteiger partial charge on any atom is -0.392 e. The van der Waals surface area contributed by atoms with Crippen LogP contribution in [0.15, 0.2) is 24.3 Å². The first-order valence-electron chi connectivity index (χ1n) is 13.4. The van der Waals surface area contributed by atoms with E-state index in [4.69, 9.17) is 14.7 Å². The van der Waals surface area contributed by atoms with Crippen LogP contribution in [0.4, 0.5) is 0 Å². The molecule has 2 N–H and O–H groups in total. The second kappa shape index (κ2) is 12.9. The number of nitriles is 1. The lowest BCUT2D eigenvalue weighted by atomic mass is 9.51. The van der Waals surface area contributed by atoms with Crippen LogP contribution >= 0.6 is 0 Å². The second-order valence-electron chi connectivity index (χ2n) is 11.1. The van der Waals surface area contributed by atoms with Crippen molar-refractivity contribution < 1.29 is 24.2 Å². The fourth-order valence-corrected chi connectivity index (χ4v) is 6.65. The van der Waals surface area contributed by atoms with Gasteiger partial charge in [-0.25, -0.2) is 0 Å². The normalized spacial score (nSPS) is 30.0. The van der Waals surface area contributed by atoms with E-state index in [-0.39, 0.29) is 46.9 Å². The average Bonchev–Trinajstić information content (AvgIpc) is 2.90. The van der Waals surface area contributed by atoms with Gasteiger partial charge in [-0.15, -0.1) is 0 Å². The summed E-state index contributed by atoms with van der Waals surface area (Å²) in [5.74, 6) is -0.576. The Morgan fingerprint density at radius 2 is 1.76 bits per heavy atom. The van der Waals surface area contributed by atoms with Gasteiger partial charge in [0.15, 0.2) is 0 Å². The van der Waals surface area contributed by atoms with Crippen LogP contribution in [0.5, 0.6) is 0 Å². The molecule has 1 aromatic carbocycles. The Balaban J connectivity index is 1.72. The number of aliphatic hydroxyl groups excluding tert-OH is 1. The zero-order valence-corrected chi connectivity index (χ0v) is 22.9. The Morgan fingerprint density at radius 3 is 2.32 bits per heavy atom. The lowest BCUT2D eigenvalue weighted by Crippen LogP contribution is -2.58. The molecule has 7 atom stereocenters. The Kier molecular flexibility index (Phi) is 10.1. The highest BCUT2D eigenvalue weighted by Gasteiger charge is 2.54. The molecule has 0 heterocycles. The highest BCUT2D eigenvalue weighted by molar-refractivity contribution is 5.94. The van der Waals surface area contributed by atoms with Crippen molar-refractivity contribution in [1.29, 1.82) is 5.26 Å². The van der Waals surface area contributed by atoms with Gasteiger partial charge < -0.3 is 24.8 Å². The van der Waals surface area contributed by atoms with Gasteiger partial charge in [-0.2, -0.15) is 5.26 Å². The minimum atomic E-state index is -0.631. The molecule has 8 nitrogen and oxygen atoms in total. The van der Waals surface area contributed by atoms with Crippen molar-refractivity contribution in [2.24, 2.45) is 29.1 Å². The SMILES string of the molecule is COCCN(CCOC)C(=O)[C@@H](C)[C@@H]1CC[C@@]2(C)CC[C@H](NC(=O)c3ccc(C#N)cc3)[C@@H](C)[C@@H]2[C@H]1O. The van der Waals surface area contributed by atoms with Crippen LogP contribution in [-0.4, -0.2) is 74.5 Å². The molecule has 3 rings (SSSR count). The first kappa shape index (κ1) is 29.1. The number of hydrogen-bond donors (Lipinski definition) is 2. The maximum absolute atomic E-state index is 13.5. The number of amides is 2. The summed E-state index contributed by atoms with van der Waals surface area (Å²) in [4.78, 5) is 28.2. The number of aliphatic hydroxyl groups is 1. The van der Waals surface area contributed by atoms with Crippen LogP contribution in [0.3, 0.4) is 0 Å².